The molecule has 0 saturated carbocycles. The van der Waals surface area contributed by atoms with Crippen LogP contribution in [-0.2, 0) is 10.0 Å². The summed E-state index contributed by atoms with van der Waals surface area (Å²) in [5, 5.41) is 9.80. The second kappa shape index (κ2) is 12.1. The maximum atomic E-state index is 13.7. The summed E-state index contributed by atoms with van der Waals surface area (Å²) in [6.07, 6.45) is 0.119. The van der Waals surface area contributed by atoms with Gasteiger partial charge in [0.15, 0.2) is 0 Å². The normalized spacial score (nSPS) is 20.0. The minimum atomic E-state index is -3.98. The molecule has 0 spiro atoms. The minimum Gasteiger partial charge on any atom is -0.487 e. The maximum absolute atomic E-state index is 13.7. The fraction of sp³-hybridized carbons (Fsp3) is 0.464. The van der Waals surface area contributed by atoms with Crippen molar-refractivity contribution in [3.63, 3.8) is 0 Å². The number of carbonyl (C=O) groups excluding carboxylic acids is 1. The van der Waals surface area contributed by atoms with Crippen LogP contribution in [0, 0.1) is 29.5 Å². The number of hydrogen-bond donors (Lipinski definition) is 1. The van der Waals surface area contributed by atoms with Gasteiger partial charge in [-0.15, -0.1) is 0 Å². The Morgan fingerprint density at radius 1 is 1.24 bits per heavy atom. The lowest BCUT2D eigenvalue weighted by Gasteiger charge is -2.37. The molecule has 3 atom stereocenters. The van der Waals surface area contributed by atoms with Gasteiger partial charge in [0, 0.05) is 43.1 Å². The first-order chi connectivity index (χ1) is 17.4. The summed E-state index contributed by atoms with van der Waals surface area (Å²) in [6.45, 7) is 7.50. The molecule has 200 valence electrons. The number of amides is 1. The number of hydrogen-bond acceptors (Lipinski definition) is 5. The van der Waals surface area contributed by atoms with Gasteiger partial charge in [-0.3, -0.25) is 4.79 Å². The molecule has 1 heterocycles. The molecule has 1 aliphatic heterocycles. The lowest BCUT2D eigenvalue weighted by molar-refractivity contribution is 0.0563. The summed E-state index contributed by atoms with van der Waals surface area (Å²) in [5.41, 5.74) is 0.828. The Morgan fingerprint density at radius 2 is 1.97 bits per heavy atom. The van der Waals surface area contributed by atoms with Crippen LogP contribution in [0.3, 0.4) is 0 Å². The van der Waals surface area contributed by atoms with E-state index in [1.54, 1.807) is 32.2 Å². The molecular weight excluding hydrogens is 495 g/mol. The van der Waals surface area contributed by atoms with Crippen LogP contribution in [0.1, 0.15) is 50.0 Å². The molecule has 3 rings (SSSR count). The van der Waals surface area contributed by atoms with E-state index in [0.717, 1.165) is 0 Å². The van der Waals surface area contributed by atoms with E-state index in [1.165, 1.54) is 33.5 Å². The molecule has 1 N–H and O–H groups in total. The Kier molecular flexibility index (Phi) is 9.35. The molecule has 0 saturated heterocycles. The van der Waals surface area contributed by atoms with Gasteiger partial charge in [0.25, 0.3) is 5.91 Å². The van der Waals surface area contributed by atoms with Crippen molar-refractivity contribution in [3.8, 4) is 17.6 Å². The van der Waals surface area contributed by atoms with E-state index in [9.17, 15) is 22.7 Å². The number of aliphatic hydroxyl groups is 1. The number of ether oxygens (including phenoxy) is 1. The summed E-state index contributed by atoms with van der Waals surface area (Å²) in [4.78, 5) is 14.4. The summed E-state index contributed by atoms with van der Waals surface area (Å²) >= 11 is 0. The lowest BCUT2D eigenvalue weighted by Crippen LogP contribution is -2.50. The minimum absolute atomic E-state index is 0.0155. The van der Waals surface area contributed by atoms with Crippen LogP contribution in [0.4, 0.5) is 4.39 Å². The monoisotopic (exact) mass is 530 g/mol. The largest absolute Gasteiger partial charge is 0.487 e. The number of likely N-dealkylation sites (N-methyl/N-ethyl adjacent to an activating group) is 1. The molecule has 1 amide bonds. The summed E-state index contributed by atoms with van der Waals surface area (Å²) in [6, 6.07) is 9.55. The van der Waals surface area contributed by atoms with Gasteiger partial charge in [-0.25, -0.2) is 12.8 Å². The van der Waals surface area contributed by atoms with Crippen molar-refractivity contribution in [2.24, 2.45) is 11.8 Å². The van der Waals surface area contributed by atoms with Gasteiger partial charge >= 0.3 is 0 Å². The number of rotatable bonds is 6. The molecule has 9 heteroatoms. The van der Waals surface area contributed by atoms with Gasteiger partial charge in [0.1, 0.15) is 22.6 Å². The van der Waals surface area contributed by atoms with Gasteiger partial charge in [0.05, 0.1) is 13.2 Å². The van der Waals surface area contributed by atoms with Crippen molar-refractivity contribution < 1.29 is 27.4 Å². The molecule has 37 heavy (non-hydrogen) atoms. The zero-order valence-electron chi connectivity index (χ0n) is 21.9. The molecule has 1 aliphatic rings. The van der Waals surface area contributed by atoms with Crippen LogP contribution in [-0.4, -0.2) is 67.5 Å². The van der Waals surface area contributed by atoms with E-state index in [0.29, 0.717) is 17.9 Å². The second-order valence-electron chi connectivity index (χ2n) is 10.00. The quantitative estimate of drug-likeness (QED) is 0.575. The third-order valence-electron chi connectivity index (χ3n) is 6.28. The van der Waals surface area contributed by atoms with Crippen molar-refractivity contribution in [1.82, 2.24) is 9.21 Å². The summed E-state index contributed by atoms with van der Waals surface area (Å²) in [7, 11) is -2.38. The van der Waals surface area contributed by atoms with E-state index >= 15 is 0 Å². The second-order valence-corrected chi connectivity index (χ2v) is 11.9. The average molecular weight is 531 g/mol. The summed E-state index contributed by atoms with van der Waals surface area (Å²) < 4.78 is 48.4. The first-order valence-corrected chi connectivity index (χ1v) is 13.8. The highest BCUT2D eigenvalue weighted by molar-refractivity contribution is 7.89. The number of aliphatic hydroxyl groups excluding tert-OH is 1. The molecule has 2 aromatic rings. The van der Waals surface area contributed by atoms with Crippen LogP contribution in [0.15, 0.2) is 47.4 Å². The number of benzene rings is 2. The van der Waals surface area contributed by atoms with Crippen molar-refractivity contribution in [2.75, 3.05) is 26.7 Å². The molecular formula is C28H35FN2O5S. The predicted molar refractivity (Wildman–Crippen MR) is 140 cm³/mol. The molecule has 0 radical (unpaired) electrons. The Bertz CT molecular complexity index is 1280. The van der Waals surface area contributed by atoms with Gasteiger partial charge in [-0.1, -0.05) is 38.7 Å². The molecule has 0 aliphatic carbocycles. The predicted octanol–water partition coefficient (Wildman–Crippen LogP) is 3.76. The van der Waals surface area contributed by atoms with Gasteiger partial charge in [-0.05, 0) is 49.2 Å². The fourth-order valence-corrected chi connectivity index (χ4v) is 5.90. The third-order valence-corrected chi connectivity index (χ3v) is 8.30. The Balaban J connectivity index is 2.00. The number of fused-ring (bicyclic) bond motifs is 1. The van der Waals surface area contributed by atoms with E-state index in [2.05, 4.69) is 25.7 Å². The maximum Gasteiger partial charge on any atom is 0.253 e. The first kappa shape index (κ1) is 28.6. The Hall–Kier alpha value is -2.93. The Morgan fingerprint density at radius 3 is 2.62 bits per heavy atom. The van der Waals surface area contributed by atoms with Crippen LogP contribution >= 0.6 is 0 Å². The van der Waals surface area contributed by atoms with E-state index in [-0.39, 0.29) is 47.7 Å². The van der Waals surface area contributed by atoms with E-state index < -0.39 is 28.0 Å². The molecule has 0 unspecified atom stereocenters. The molecule has 0 fully saturated rings. The smallest absolute Gasteiger partial charge is 0.253 e. The average Bonchev–Trinajstić information content (AvgIpc) is 2.84. The highest BCUT2D eigenvalue weighted by Crippen LogP contribution is 2.34. The SMILES string of the molecule is CC(C)CC#Cc1ccc2c(c1)O[C@@H](CN(C)C(=O)c1cccc(F)c1)[C@@H](C)CN([C@H](C)CO)S2(=O)=O. The molecule has 0 aromatic heterocycles. The zero-order chi connectivity index (χ0) is 27.3. The van der Waals surface area contributed by atoms with Crippen molar-refractivity contribution in [3.05, 3.63) is 59.4 Å². The van der Waals surface area contributed by atoms with Crippen molar-refractivity contribution in [2.45, 2.75) is 51.2 Å². The zero-order valence-corrected chi connectivity index (χ0v) is 22.8. The van der Waals surface area contributed by atoms with Crippen LogP contribution < -0.4 is 4.74 Å². The van der Waals surface area contributed by atoms with Crippen LogP contribution in [0.2, 0.25) is 0 Å². The fourth-order valence-electron chi connectivity index (χ4n) is 4.07. The summed E-state index contributed by atoms with van der Waals surface area (Å²) in [5.74, 6) is 5.50. The van der Waals surface area contributed by atoms with E-state index in [1.807, 2.05) is 6.92 Å². The van der Waals surface area contributed by atoms with Crippen molar-refractivity contribution in [1.29, 1.82) is 0 Å². The number of halogens is 1. The number of nitrogens with zero attached hydrogens (tertiary/aromatic N) is 2. The van der Waals surface area contributed by atoms with Crippen molar-refractivity contribution >= 4 is 15.9 Å². The molecule has 2 aromatic carbocycles. The van der Waals surface area contributed by atoms with Gasteiger partial charge < -0.3 is 14.7 Å². The third kappa shape index (κ3) is 6.89. The van der Waals surface area contributed by atoms with Crippen LogP contribution in [0.25, 0.3) is 0 Å². The topological polar surface area (TPSA) is 87.2 Å². The number of sulfonamides is 1. The highest BCUT2D eigenvalue weighted by Gasteiger charge is 2.38. The Labute approximate surface area is 219 Å². The molecule has 7 nitrogen and oxygen atoms in total. The lowest BCUT2D eigenvalue weighted by atomic mass is 10.0. The van der Waals surface area contributed by atoms with Crippen LogP contribution in [0.5, 0.6) is 5.75 Å². The van der Waals surface area contributed by atoms with Gasteiger partial charge in [-0.2, -0.15) is 4.31 Å². The first-order valence-electron chi connectivity index (χ1n) is 12.4. The molecule has 0 bridgehead atoms. The highest BCUT2D eigenvalue weighted by atomic mass is 32.2. The standard InChI is InChI=1S/C28H35FN2O5S/c1-19(2)8-6-9-22-12-13-27-25(14-22)36-26(20(3)16-31(21(4)18-32)37(27,34)35)17-30(5)28(33)23-10-7-11-24(29)15-23/h7,10-15,19-21,26,32H,8,16-18H2,1-5H3/t20-,21+,26-/m0/s1. The number of carbonyl (C=O) groups is 1. The van der Waals surface area contributed by atoms with Gasteiger partial charge in [0.2, 0.25) is 10.0 Å². The van der Waals surface area contributed by atoms with E-state index in [4.69, 9.17) is 4.74 Å².